The number of benzene rings is 1. The van der Waals surface area contributed by atoms with Crippen molar-refractivity contribution in [2.45, 2.75) is 51.1 Å². The highest BCUT2D eigenvalue weighted by atomic mass is 19.4. The molecule has 1 aliphatic heterocycles. The summed E-state index contributed by atoms with van der Waals surface area (Å²) >= 11 is 0. The van der Waals surface area contributed by atoms with E-state index < -0.39 is 47.5 Å². The van der Waals surface area contributed by atoms with Crippen molar-refractivity contribution in [2.24, 2.45) is 0 Å². The fourth-order valence-electron chi connectivity index (χ4n) is 4.00. The Morgan fingerprint density at radius 1 is 1.22 bits per heavy atom. The third kappa shape index (κ3) is 5.86. The number of nitrogens with one attached hydrogen (secondary N) is 1. The van der Waals surface area contributed by atoms with Crippen molar-refractivity contribution in [1.29, 1.82) is 0 Å². The molecule has 1 aliphatic rings. The van der Waals surface area contributed by atoms with Crippen LogP contribution in [0.25, 0.3) is 0 Å². The van der Waals surface area contributed by atoms with E-state index in [0.717, 1.165) is 15.2 Å². The molecule has 0 unspecified atom stereocenters. The monoisotopic (exact) mass is 515 g/mol. The van der Waals surface area contributed by atoms with Crippen LogP contribution >= 0.6 is 0 Å². The van der Waals surface area contributed by atoms with Crippen LogP contribution in [0.15, 0.2) is 34.0 Å². The summed E-state index contributed by atoms with van der Waals surface area (Å²) < 4.78 is 47.9. The number of nitrogens with zero attached hydrogens (tertiary/aromatic N) is 3. The van der Waals surface area contributed by atoms with Crippen molar-refractivity contribution in [3.63, 3.8) is 0 Å². The molecule has 0 spiro atoms. The van der Waals surface area contributed by atoms with Crippen LogP contribution in [-0.2, 0) is 17.5 Å². The van der Waals surface area contributed by atoms with Crippen LogP contribution in [0, 0.1) is 6.92 Å². The van der Waals surface area contributed by atoms with Gasteiger partial charge < -0.3 is 20.3 Å². The fourth-order valence-corrected chi connectivity index (χ4v) is 4.00. The van der Waals surface area contributed by atoms with Gasteiger partial charge in [-0.15, -0.1) is 0 Å². The number of hydrogen-bond acceptors (Lipinski definition) is 6. The lowest BCUT2D eigenvalue weighted by Gasteiger charge is -2.27. The summed E-state index contributed by atoms with van der Waals surface area (Å²) in [5.74, 6) is -0.718. The lowest BCUT2D eigenvalue weighted by Crippen LogP contribution is -2.42. The zero-order valence-electron chi connectivity index (χ0n) is 20.4. The highest BCUT2D eigenvalue weighted by Gasteiger charge is 2.39. The van der Waals surface area contributed by atoms with Crippen LogP contribution in [0.2, 0.25) is 0 Å². The maximum absolute atomic E-state index is 13.6. The van der Waals surface area contributed by atoms with Gasteiger partial charge in [-0.25, -0.2) is 4.79 Å². The van der Waals surface area contributed by atoms with Gasteiger partial charge in [0.2, 0.25) is 0 Å². The number of aliphatic hydroxyl groups is 2. The second-order valence-corrected chi connectivity index (χ2v) is 9.59. The first kappa shape index (κ1) is 27.6. The quantitative estimate of drug-likeness (QED) is 0.373. The predicted octanol–water partition coefficient (Wildman–Crippen LogP) is 0.952. The number of aryl methyl sites for hydroxylation is 1. The summed E-state index contributed by atoms with van der Waals surface area (Å²) in [7, 11) is 4.78. The first-order chi connectivity index (χ1) is 16.6. The summed E-state index contributed by atoms with van der Waals surface area (Å²) in [6.45, 7) is 1.41. The Bertz CT molecular complexity index is 1240. The fraction of sp³-hybridized carbons (Fsp3) is 0.522. The van der Waals surface area contributed by atoms with Crippen LogP contribution in [0.1, 0.15) is 40.6 Å². The van der Waals surface area contributed by atoms with Gasteiger partial charge in [0.1, 0.15) is 23.6 Å². The maximum atomic E-state index is 13.6. The van der Waals surface area contributed by atoms with Gasteiger partial charge in [0.25, 0.3) is 11.5 Å². The second kappa shape index (κ2) is 10.2. The predicted molar refractivity (Wildman–Crippen MR) is 124 cm³/mol. The van der Waals surface area contributed by atoms with Crippen molar-refractivity contribution in [3.05, 3.63) is 61.9 Å². The zero-order chi connectivity index (χ0) is 27.0. The second-order valence-electron chi connectivity index (χ2n) is 9.59. The van der Waals surface area contributed by atoms with Crippen molar-refractivity contribution in [2.75, 3.05) is 27.7 Å². The Kier molecular flexibility index (Phi) is 7.79. The van der Waals surface area contributed by atoms with Gasteiger partial charge in [0.05, 0.1) is 21.1 Å². The molecule has 3 rings (SSSR count). The molecule has 2 heterocycles. The average Bonchev–Trinajstić information content (AvgIpc) is 3.11. The molecule has 1 amide bonds. The Morgan fingerprint density at radius 3 is 2.44 bits per heavy atom. The summed E-state index contributed by atoms with van der Waals surface area (Å²) in [5.41, 5.74) is -2.08. The molecule has 36 heavy (non-hydrogen) atoms. The minimum absolute atomic E-state index is 0.00551. The van der Waals surface area contributed by atoms with E-state index in [1.165, 1.54) is 25.3 Å². The summed E-state index contributed by atoms with van der Waals surface area (Å²) in [4.78, 5) is 37.8. The minimum atomic E-state index is -4.64. The van der Waals surface area contributed by atoms with Crippen LogP contribution in [0.3, 0.4) is 0 Å². The van der Waals surface area contributed by atoms with Crippen molar-refractivity contribution in [1.82, 2.24) is 18.9 Å². The molecule has 0 bridgehead atoms. The summed E-state index contributed by atoms with van der Waals surface area (Å²) in [6.07, 6.45) is -6.83. The number of amides is 1. The van der Waals surface area contributed by atoms with E-state index in [9.17, 15) is 37.8 Å². The normalized spacial score (nSPS) is 20.5. The number of aliphatic hydroxyl groups excluding tert-OH is 2. The minimum Gasteiger partial charge on any atom is -0.388 e. The zero-order valence-corrected chi connectivity index (χ0v) is 20.4. The van der Waals surface area contributed by atoms with Crippen LogP contribution in [0.4, 0.5) is 18.9 Å². The molecular weight excluding hydrogens is 485 g/mol. The van der Waals surface area contributed by atoms with Gasteiger partial charge in [-0.05, 0) is 25.5 Å². The molecule has 10 nitrogen and oxygen atoms in total. The molecular formula is C23H30F3N4O6+. The van der Waals surface area contributed by atoms with Gasteiger partial charge >= 0.3 is 11.9 Å². The van der Waals surface area contributed by atoms with Crippen molar-refractivity contribution < 1.29 is 32.9 Å². The smallest absolute Gasteiger partial charge is 0.388 e. The van der Waals surface area contributed by atoms with Crippen LogP contribution in [-0.4, -0.2) is 65.3 Å². The lowest BCUT2D eigenvalue weighted by atomic mass is 10.1. The van der Waals surface area contributed by atoms with Crippen LogP contribution in [0.5, 0.6) is 0 Å². The van der Waals surface area contributed by atoms with Gasteiger partial charge in [-0.1, -0.05) is 0 Å². The molecule has 3 N–H and O–H groups in total. The largest absolute Gasteiger partial charge is 0.422 e. The Morgan fingerprint density at radius 2 is 1.89 bits per heavy atom. The topological polar surface area (TPSA) is 123 Å². The van der Waals surface area contributed by atoms with E-state index in [0.29, 0.717) is 0 Å². The number of halogens is 3. The van der Waals surface area contributed by atoms with Gasteiger partial charge in [-0.3, -0.25) is 23.2 Å². The molecule has 0 radical (unpaired) electrons. The number of carbonyl (C=O) groups excluding carboxylic acids is 1. The molecule has 2 aromatic rings. The highest BCUT2D eigenvalue weighted by molar-refractivity contribution is 5.94. The third-order valence-corrected chi connectivity index (χ3v) is 5.88. The number of hydrogen-bond donors (Lipinski definition) is 3. The summed E-state index contributed by atoms with van der Waals surface area (Å²) in [5, 5.41) is 21.8. The van der Waals surface area contributed by atoms with E-state index in [1.807, 2.05) is 0 Å². The van der Waals surface area contributed by atoms with E-state index in [4.69, 9.17) is 4.74 Å². The first-order valence-electron chi connectivity index (χ1n) is 11.3. The number of carbonyl (C=O) groups is 1. The standard InChI is InChI=1S/C23H29F3N4O6/c1-13-12-29(18-11-17(31)21(34)36-18)22(35)28(20(13)33)9-5-8-27-19(32)14-6-7-16(30(2,3)4)15(10-14)23(24,25)26/h6-7,10,12,17-18,21,31,34H,5,8-9,11H2,1-4H3/p+1/t17-,18+,21-/m0/s1. The highest BCUT2D eigenvalue weighted by Crippen LogP contribution is 2.38. The third-order valence-electron chi connectivity index (χ3n) is 5.88. The maximum Gasteiger partial charge on any atom is 0.422 e. The van der Waals surface area contributed by atoms with Gasteiger partial charge in [-0.2, -0.15) is 13.2 Å². The Balaban J connectivity index is 1.71. The Hall–Kier alpha value is -3.00. The number of alkyl halides is 3. The van der Waals surface area contributed by atoms with E-state index >= 15 is 0 Å². The molecule has 0 aliphatic carbocycles. The number of rotatable bonds is 7. The number of quaternary nitrogens is 1. The molecule has 1 aromatic carbocycles. The van der Waals surface area contributed by atoms with Crippen molar-refractivity contribution >= 4 is 11.6 Å². The number of aromatic nitrogens is 2. The molecule has 198 valence electrons. The molecule has 13 heteroatoms. The van der Waals surface area contributed by atoms with E-state index in [2.05, 4.69) is 5.32 Å². The average molecular weight is 516 g/mol. The summed E-state index contributed by atoms with van der Waals surface area (Å²) in [6, 6.07) is 3.39. The van der Waals surface area contributed by atoms with Gasteiger partial charge in [0, 0.05) is 42.9 Å². The SMILES string of the molecule is Cc1cn([C@H]2C[C@H](O)[C@@H](O)O2)c(=O)n(CCCNC(=O)c2ccc([N+](C)(C)C)c(C(F)(F)F)c2)c1=O. The lowest BCUT2D eigenvalue weighted by molar-refractivity contribution is -0.142. The number of ether oxygens (including phenoxy) is 1. The molecule has 3 atom stereocenters. The molecule has 1 fully saturated rings. The molecule has 1 saturated heterocycles. The first-order valence-corrected chi connectivity index (χ1v) is 11.3. The Labute approximate surface area is 204 Å². The van der Waals surface area contributed by atoms with Crippen molar-refractivity contribution in [3.8, 4) is 0 Å². The van der Waals surface area contributed by atoms with E-state index in [1.54, 1.807) is 21.1 Å². The van der Waals surface area contributed by atoms with E-state index in [-0.39, 0.29) is 47.2 Å². The van der Waals surface area contributed by atoms with Crippen LogP contribution < -0.4 is 21.0 Å². The van der Waals surface area contributed by atoms with Gasteiger partial charge in [0.15, 0.2) is 6.29 Å². The molecule has 1 aromatic heterocycles. The molecule has 0 saturated carbocycles.